The number of aliphatic hydroxyl groups excluding tert-OH is 1. The van der Waals surface area contributed by atoms with Crippen LogP contribution >= 0.6 is 0 Å². The quantitative estimate of drug-likeness (QED) is 0.629. The summed E-state index contributed by atoms with van der Waals surface area (Å²) >= 11 is 0. The minimum absolute atomic E-state index is 0.207. The molecule has 0 heterocycles. The maximum Gasteiger partial charge on any atom is 0.0625 e. The van der Waals surface area contributed by atoms with Crippen molar-refractivity contribution in [3.63, 3.8) is 0 Å². The SMILES string of the molecule is C=C[C@@H](C)[C@H](O)[C@@H](C)CC(C)C. The minimum atomic E-state index is -0.232. The van der Waals surface area contributed by atoms with E-state index in [4.69, 9.17) is 0 Å². The molecule has 0 bridgehead atoms. The van der Waals surface area contributed by atoms with Crippen LogP contribution in [0.1, 0.15) is 34.1 Å². The van der Waals surface area contributed by atoms with E-state index in [1.54, 1.807) is 0 Å². The Hall–Kier alpha value is -0.300. The van der Waals surface area contributed by atoms with Gasteiger partial charge in [0.15, 0.2) is 0 Å². The van der Waals surface area contributed by atoms with Crippen molar-refractivity contribution in [1.29, 1.82) is 0 Å². The second-order valence-corrected chi connectivity index (χ2v) is 4.19. The number of aliphatic hydroxyl groups is 1. The molecule has 0 aliphatic heterocycles. The van der Waals surface area contributed by atoms with Gasteiger partial charge in [-0.15, -0.1) is 6.58 Å². The van der Waals surface area contributed by atoms with Crippen LogP contribution in [0.25, 0.3) is 0 Å². The molecule has 0 radical (unpaired) electrons. The van der Waals surface area contributed by atoms with Crippen LogP contribution < -0.4 is 0 Å². The summed E-state index contributed by atoms with van der Waals surface area (Å²) in [7, 11) is 0. The minimum Gasteiger partial charge on any atom is -0.392 e. The van der Waals surface area contributed by atoms with E-state index in [1.165, 1.54) is 0 Å². The molecule has 1 heteroatoms. The molecular weight excluding hydrogens is 148 g/mol. The van der Waals surface area contributed by atoms with Crippen molar-refractivity contribution in [2.24, 2.45) is 17.8 Å². The Labute approximate surface area is 76.5 Å². The van der Waals surface area contributed by atoms with Gasteiger partial charge in [-0.3, -0.25) is 0 Å². The van der Waals surface area contributed by atoms with Gasteiger partial charge in [-0.05, 0) is 24.2 Å². The lowest BCUT2D eigenvalue weighted by molar-refractivity contribution is 0.0731. The average molecular weight is 170 g/mol. The molecule has 0 aliphatic rings. The molecule has 3 atom stereocenters. The number of hydrogen-bond donors (Lipinski definition) is 1. The van der Waals surface area contributed by atoms with Crippen molar-refractivity contribution < 1.29 is 5.11 Å². The molecule has 12 heavy (non-hydrogen) atoms. The summed E-state index contributed by atoms with van der Waals surface area (Å²) in [5.74, 6) is 1.24. The van der Waals surface area contributed by atoms with Crippen molar-refractivity contribution >= 4 is 0 Å². The maximum absolute atomic E-state index is 9.76. The zero-order valence-electron chi connectivity index (χ0n) is 8.75. The van der Waals surface area contributed by atoms with Crippen molar-refractivity contribution in [2.45, 2.75) is 40.2 Å². The first-order chi connectivity index (χ1) is 5.49. The Morgan fingerprint density at radius 2 is 1.75 bits per heavy atom. The summed E-state index contributed by atoms with van der Waals surface area (Å²) in [6.07, 6.45) is 2.67. The van der Waals surface area contributed by atoms with Gasteiger partial charge in [0.2, 0.25) is 0 Å². The standard InChI is InChI=1S/C11H22O/c1-6-9(4)11(12)10(5)7-8(2)3/h6,8-12H,1,7H2,2-5H3/t9-,10+,11+/m1/s1. The number of rotatable bonds is 5. The van der Waals surface area contributed by atoms with Gasteiger partial charge in [-0.2, -0.15) is 0 Å². The highest BCUT2D eigenvalue weighted by molar-refractivity contribution is 4.83. The van der Waals surface area contributed by atoms with E-state index in [2.05, 4.69) is 27.4 Å². The van der Waals surface area contributed by atoms with Crippen molar-refractivity contribution in [3.8, 4) is 0 Å². The van der Waals surface area contributed by atoms with Crippen LogP contribution in [0, 0.1) is 17.8 Å². The third-order valence-corrected chi connectivity index (χ3v) is 2.34. The highest BCUT2D eigenvalue weighted by atomic mass is 16.3. The average Bonchev–Trinajstić information content (AvgIpc) is 2.00. The van der Waals surface area contributed by atoms with Crippen LogP contribution in [-0.2, 0) is 0 Å². The molecule has 0 aromatic heterocycles. The molecule has 0 spiro atoms. The first-order valence-electron chi connectivity index (χ1n) is 4.79. The summed E-state index contributed by atoms with van der Waals surface area (Å²) < 4.78 is 0. The molecule has 0 amide bonds. The van der Waals surface area contributed by atoms with E-state index in [-0.39, 0.29) is 12.0 Å². The van der Waals surface area contributed by atoms with Gasteiger partial charge in [-0.1, -0.05) is 33.8 Å². The van der Waals surface area contributed by atoms with E-state index in [0.717, 1.165) is 6.42 Å². The van der Waals surface area contributed by atoms with Crippen LogP contribution in [0.2, 0.25) is 0 Å². The summed E-state index contributed by atoms with van der Waals surface area (Å²) in [5, 5.41) is 9.76. The van der Waals surface area contributed by atoms with Gasteiger partial charge in [0, 0.05) is 0 Å². The first kappa shape index (κ1) is 11.7. The largest absolute Gasteiger partial charge is 0.392 e. The summed E-state index contributed by atoms with van der Waals surface area (Å²) in [6, 6.07) is 0. The molecule has 0 rings (SSSR count). The van der Waals surface area contributed by atoms with Crippen LogP contribution in [0.5, 0.6) is 0 Å². The number of hydrogen-bond acceptors (Lipinski definition) is 1. The second-order valence-electron chi connectivity index (χ2n) is 4.19. The van der Waals surface area contributed by atoms with E-state index in [1.807, 2.05) is 13.0 Å². The fourth-order valence-corrected chi connectivity index (χ4v) is 1.54. The van der Waals surface area contributed by atoms with E-state index in [9.17, 15) is 5.11 Å². The molecule has 0 aliphatic carbocycles. The highest BCUT2D eigenvalue weighted by Crippen LogP contribution is 2.20. The molecule has 0 aromatic rings. The van der Waals surface area contributed by atoms with Gasteiger partial charge >= 0.3 is 0 Å². The first-order valence-corrected chi connectivity index (χ1v) is 4.79. The van der Waals surface area contributed by atoms with Gasteiger partial charge in [-0.25, -0.2) is 0 Å². The van der Waals surface area contributed by atoms with Crippen molar-refractivity contribution in [1.82, 2.24) is 0 Å². The van der Waals surface area contributed by atoms with Crippen molar-refractivity contribution in [3.05, 3.63) is 12.7 Å². The van der Waals surface area contributed by atoms with Gasteiger partial charge in [0.25, 0.3) is 0 Å². The predicted octanol–water partition coefficient (Wildman–Crippen LogP) is 2.85. The predicted molar refractivity (Wildman–Crippen MR) is 54.0 cm³/mol. The van der Waals surface area contributed by atoms with E-state index < -0.39 is 0 Å². The van der Waals surface area contributed by atoms with Crippen LogP contribution in [0.15, 0.2) is 12.7 Å². The third kappa shape index (κ3) is 3.91. The maximum atomic E-state index is 9.76. The lowest BCUT2D eigenvalue weighted by atomic mass is 9.87. The topological polar surface area (TPSA) is 20.2 Å². The Morgan fingerprint density at radius 1 is 1.25 bits per heavy atom. The highest BCUT2D eigenvalue weighted by Gasteiger charge is 2.19. The van der Waals surface area contributed by atoms with Crippen LogP contribution in [-0.4, -0.2) is 11.2 Å². The fourth-order valence-electron chi connectivity index (χ4n) is 1.54. The molecule has 72 valence electrons. The third-order valence-electron chi connectivity index (χ3n) is 2.34. The normalized spacial score (nSPS) is 18.8. The van der Waals surface area contributed by atoms with Gasteiger partial charge in [0.1, 0.15) is 0 Å². The zero-order valence-corrected chi connectivity index (χ0v) is 8.75. The monoisotopic (exact) mass is 170 g/mol. The lowest BCUT2D eigenvalue weighted by Crippen LogP contribution is -2.25. The Kier molecular flexibility index (Phi) is 5.23. The molecule has 1 N–H and O–H groups in total. The molecule has 0 unspecified atom stereocenters. The molecule has 0 saturated carbocycles. The van der Waals surface area contributed by atoms with E-state index >= 15 is 0 Å². The van der Waals surface area contributed by atoms with E-state index in [0.29, 0.717) is 11.8 Å². The fraction of sp³-hybridized carbons (Fsp3) is 0.818. The second kappa shape index (κ2) is 5.36. The van der Waals surface area contributed by atoms with Crippen molar-refractivity contribution in [2.75, 3.05) is 0 Å². The zero-order chi connectivity index (χ0) is 9.72. The Bertz CT molecular complexity index is 129. The smallest absolute Gasteiger partial charge is 0.0625 e. The molecular formula is C11H22O. The molecule has 1 nitrogen and oxygen atoms in total. The Balaban J connectivity index is 3.91. The van der Waals surface area contributed by atoms with Gasteiger partial charge < -0.3 is 5.11 Å². The molecule has 0 saturated heterocycles. The molecule has 0 fully saturated rings. The summed E-state index contributed by atoms with van der Waals surface area (Å²) in [6.45, 7) is 12.2. The molecule has 0 aromatic carbocycles. The Morgan fingerprint density at radius 3 is 2.08 bits per heavy atom. The van der Waals surface area contributed by atoms with Crippen LogP contribution in [0.3, 0.4) is 0 Å². The summed E-state index contributed by atoms with van der Waals surface area (Å²) in [5.41, 5.74) is 0. The summed E-state index contributed by atoms with van der Waals surface area (Å²) in [4.78, 5) is 0. The van der Waals surface area contributed by atoms with Crippen LogP contribution in [0.4, 0.5) is 0 Å². The van der Waals surface area contributed by atoms with Gasteiger partial charge in [0.05, 0.1) is 6.10 Å². The lowest BCUT2D eigenvalue weighted by Gasteiger charge is -2.23.